The van der Waals surface area contributed by atoms with E-state index in [4.69, 9.17) is 9.47 Å². The van der Waals surface area contributed by atoms with Crippen molar-refractivity contribution in [3.8, 4) is 0 Å². The Labute approximate surface area is 357 Å². The van der Waals surface area contributed by atoms with E-state index in [9.17, 15) is 24.0 Å². The smallest absolute Gasteiger partial charge is 0.408 e. The number of hydrogen-bond donors (Lipinski definition) is 2. The van der Waals surface area contributed by atoms with Gasteiger partial charge < -0.3 is 29.5 Å². The second-order valence-electron chi connectivity index (χ2n) is 18.6. The molecule has 0 radical (unpaired) electrons. The highest BCUT2D eigenvalue weighted by Crippen LogP contribution is 2.32. The number of halogens is 1. The molecule has 15 heteroatoms. The van der Waals surface area contributed by atoms with Crippen molar-refractivity contribution in [2.45, 2.75) is 115 Å². The number of nitrogens with one attached hydrogen (secondary N) is 2. The van der Waals surface area contributed by atoms with Crippen molar-refractivity contribution in [1.82, 2.24) is 35.1 Å². The molecule has 2 aromatic carbocycles. The number of H-pyrrole nitrogens is 1. The van der Waals surface area contributed by atoms with E-state index in [2.05, 4.69) is 27.3 Å². The van der Waals surface area contributed by atoms with Gasteiger partial charge in [-0.05, 0) is 95.9 Å². The van der Waals surface area contributed by atoms with Crippen LogP contribution in [0.2, 0.25) is 0 Å². The summed E-state index contributed by atoms with van der Waals surface area (Å²) in [6.45, 7) is 11.8. The van der Waals surface area contributed by atoms with Crippen LogP contribution in [0.15, 0.2) is 47.3 Å². The van der Waals surface area contributed by atoms with E-state index in [1.807, 2.05) is 37.8 Å². The number of nitrogens with zero attached hydrogens (tertiary/aromatic N) is 5. The van der Waals surface area contributed by atoms with Crippen LogP contribution in [0.4, 0.5) is 9.18 Å². The molecule has 3 saturated heterocycles. The number of piperazine rings is 1. The third kappa shape index (κ3) is 11.1. The third-order valence-corrected chi connectivity index (χ3v) is 12.9. The van der Waals surface area contributed by atoms with Crippen molar-refractivity contribution >= 4 is 34.6 Å². The van der Waals surface area contributed by atoms with Gasteiger partial charge in [-0.15, -0.1) is 0 Å². The molecule has 4 heterocycles. The lowest BCUT2D eigenvalue weighted by Gasteiger charge is -2.44. The van der Waals surface area contributed by atoms with E-state index in [1.54, 1.807) is 34.1 Å². The molecule has 0 unspecified atom stereocenters. The Morgan fingerprint density at radius 2 is 1.52 bits per heavy atom. The van der Waals surface area contributed by atoms with Gasteiger partial charge in [-0.3, -0.25) is 24.1 Å². The first-order valence-corrected chi connectivity index (χ1v) is 22.1. The van der Waals surface area contributed by atoms with Crippen molar-refractivity contribution in [3.05, 3.63) is 75.5 Å². The molecular formula is C46H62FN7O7. The average Bonchev–Trinajstić information content (AvgIpc) is 3.25. The van der Waals surface area contributed by atoms with Gasteiger partial charge in [0.15, 0.2) is 0 Å². The largest absolute Gasteiger partial charge is 0.444 e. The van der Waals surface area contributed by atoms with Crippen LogP contribution in [0, 0.1) is 11.7 Å². The molecule has 0 spiro atoms. The number of alkyl carbamates (subject to hydrolysis) is 1. The van der Waals surface area contributed by atoms with Gasteiger partial charge in [-0.25, -0.2) is 14.3 Å². The fraction of sp³-hybridized carbons (Fsp3) is 0.609. The summed E-state index contributed by atoms with van der Waals surface area (Å²) in [7, 11) is 0. The Morgan fingerprint density at radius 3 is 2.20 bits per heavy atom. The lowest BCUT2D eigenvalue weighted by Crippen LogP contribution is -2.56. The summed E-state index contributed by atoms with van der Waals surface area (Å²) >= 11 is 0. The summed E-state index contributed by atoms with van der Waals surface area (Å²) in [6, 6.07) is 11.0. The summed E-state index contributed by atoms with van der Waals surface area (Å²) in [4.78, 5) is 73.3. The number of carbonyl (C=O) groups excluding carboxylic acids is 4. The molecule has 61 heavy (non-hydrogen) atoms. The lowest BCUT2D eigenvalue weighted by atomic mass is 9.83. The number of rotatable bonds is 10. The predicted molar refractivity (Wildman–Crippen MR) is 229 cm³/mol. The second-order valence-corrected chi connectivity index (χ2v) is 18.6. The maximum atomic E-state index is 15.1. The van der Waals surface area contributed by atoms with Gasteiger partial charge in [-0.2, -0.15) is 5.10 Å². The molecule has 2 N–H and O–H groups in total. The van der Waals surface area contributed by atoms with Gasteiger partial charge in [0.05, 0.1) is 34.9 Å². The first kappa shape index (κ1) is 44.2. The molecule has 14 nitrogen and oxygen atoms in total. The van der Waals surface area contributed by atoms with E-state index in [1.165, 1.54) is 6.07 Å². The fourth-order valence-electron chi connectivity index (χ4n) is 9.34. The monoisotopic (exact) mass is 843 g/mol. The maximum absolute atomic E-state index is 15.1. The highest BCUT2D eigenvalue weighted by Gasteiger charge is 2.39. The van der Waals surface area contributed by atoms with Gasteiger partial charge in [0.2, 0.25) is 11.8 Å². The number of ether oxygens (including phenoxy) is 2. The van der Waals surface area contributed by atoms with Crippen LogP contribution in [-0.2, 0) is 25.5 Å². The Morgan fingerprint density at radius 1 is 0.869 bits per heavy atom. The molecule has 3 aliphatic heterocycles. The quantitative estimate of drug-likeness (QED) is 0.278. The van der Waals surface area contributed by atoms with Gasteiger partial charge in [-0.1, -0.05) is 43.5 Å². The van der Waals surface area contributed by atoms with Crippen LogP contribution in [-0.4, -0.2) is 136 Å². The molecule has 1 atom stereocenters. The molecule has 330 valence electrons. The maximum Gasteiger partial charge on any atom is 0.408 e. The first-order chi connectivity index (χ1) is 29.1. The van der Waals surface area contributed by atoms with Gasteiger partial charge in [0.1, 0.15) is 17.5 Å². The number of fused-ring (bicyclic) bond motifs is 1. The second kappa shape index (κ2) is 19.0. The lowest BCUT2D eigenvalue weighted by molar-refractivity contribution is -0.148. The highest BCUT2D eigenvalue weighted by molar-refractivity contribution is 5.95. The normalized spacial score (nSPS) is 20.0. The predicted octanol–water partition coefficient (Wildman–Crippen LogP) is 5.27. The zero-order chi connectivity index (χ0) is 43.3. The zero-order valence-corrected chi connectivity index (χ0v) is 36.2. The van der Waals surface area contributed by atoms with E-state index in [0.717, 1.165) is 70.9 Å². The SMILES string of the molecule is CC(C)(C)OC(=O)N[C@@H](C(=O)N1CCC(OC2(C)CCN(CC(=O)N3CCN(C(=O)c4cc(Cc5n[nH]c(=O)c6ccccc56)ccc4F)CC3)CC2)CC1)C1CCCCC1. The topological polar surface area (TPSA) is 157 Å². The van der Waals surface area contributed by atoms with Crippen LogP contribution in [0.1, 0.15) is 107 Å². The highest BCUT2D eigenvalue weighted by atomic mass is 19.1. The molecule has 1 aromatic heterocycles. The van der Waals surface area contributed by atoms with Crippen molar-refractivity contribution in [2.24, 2.45) is 5.92 Å². The molecule has 1 saturated carbocycles. The average molecular weight is 844 g/mol. The van der Waals surface area contributed by atoms with Crippen molar-refractivity contribution in [3.63, 3.8) is 0 Å². The Hall–Kier alpha value is -4.89. The minimum Gasteiger partial charge on any atom is -0.444 e. The summed E-state index contributed by atoms with van der Waals surface area (Å²) < 4.78 is 27.3. The molecule has 4 fully saturated rings. The zero-order valence-electron chi connectivity index (χ0n) is 36.2. The van der Waals surface area contributed by atoms with E-state index < -0.39 is 29.5 Å². The molecule has 4 aliphatic rings. The van der Waals surface area contributed by atoms with Crippen molar-refractivity contribution < 1.29 is 33.0 Å². The van der Waals surface area contributed by atoms with Crippen LogP contribution >= 0.6 is 0 Å². The number of aromatic nitrogens is 2. The van der Waals surface area contributed by atoms with Gasteiger partial charge in [0, 0.05) is 64.2 Å². The summed E-state index contributed by atoms with van der Waals surface area (Å²) in [5.74, 6) is -0.942. The molecule has 3 aromatic rings. The third-order valence-electron chi connectivity index (χ3n) is 12.9. The molecule has 0 bridgehead atoms. The van der Waals surface area contributed by atoms with E-state index in [0.29, 0.717) is 67.7 Å². The summed E-state index contributed by atoms with van der Waals surface area (Å²) in [6.07, 6.45) is 7.92. The molecule has 7 rings (SSSR count). The standard InChI is InChI=1S/C46H62FN7O7/c1-45(2,3)61-44(59)48-40(32-10-6-5-7-11-32)43(58)53-20-16-33(17-21-53)60-46(4)18-22-51(23-19-46)30-39(55)52-24-26-54(27-25-52)42(57)36-28-31(14-15-37(36)47)29-38-34-12-8-9-13-35(34)41(56)50-49-38/h8-9,12-15,28,32-33,40H,5-7,10-11,16-27,29-30H2,1-4H3,(H,48,59)(H,50,56)/t40-/m1/s1. The number of likely N-dealkylation sites (tertiary alicyclic amines) is 2. The van der Waals surface area contributed by atoms with Crippen LogP contribution in [0.25, 0.3) is 10.8 Å². The molecule has 4 amide bonds. The minimum absolute atomic E-state index is 0.00940. The molecule has 1 aliphatic carbocycles. The van der Waals surface area contributed by atoms with Gasteiger partial charge in [0.25, 0.3) is 11.5 Å². The first-order valence-electron chi connectivity index (χ1n) is 22.1. The van der Waals surface area contributed by atoms with Crippen LogP contribution in [0.5, 0.6) is 0 Å². The van der Waals surface area contributed by atoms with E-state index >= 15 is 4.39 Å². The Bertz CT molecular complexity index is 2110. The molecular weight excluding hydrogens is 782 g/mol. The summed E-state index contributed by atoms with van der Waals surface area (Å²) in [5.41, 5.74) is 0.0246. The number of hydrogen-bond acceptors (Lipinski definition) is 9. The minimum atomic E-state index is -0.647. The Kier molecular flexibility index (Phi) is 13.8. The van der Waals surface area contributed by atoms with Crippen molar-refractivity contribution in [1.29, 1.82) is 0 Å². The number of benzene rings is 2. The number of carbonyl (C=O) groups is 4. The summed E-state index contributed by atoms with van der Waals surface area (Å²) in [5, 5.41) is 10.9. The number of aromatic amines is 1. The van der Waals surface area contributed by atoms with Crippen LogP contribution in [0.3, 0.4) is 0 Å². The van der Waals surface area contributed by atoms with Crippen LogP contribution < -0.4 is 10.9 Å². The number of amides is 4. The fourth-order valence-corrected chi connectivity index (χ4v) is 9.34. The van der Waals surface area contributed by atoms with Gasteiger partial charge >= 0.3 is 6.09 Å². The number of piperidine rings is 2. The van der Waals surface area contributed by atoms with E-state index in [-0.39, 0.29) is 47.1 Å². The Balaban J connectivity index is 0.843. The van der Waals surface area contributed by atoms with Crippen molar-refractivity contribution in [2.75, 3.05) is 58.9 Å².